The number of likely N-dealkylation sites (tertiary alicyclic amines) is 1. The van der Waals surface area contributed by atoms with Crippen molar-refractivity contribution >= 4 is 17.2 Å². The molecule has 1 aliphatic rings. The number of aromatic nitrogens is 5. The fourth-order valence-corrected chi connectivity index (χ4v) is 3.59. The predicted molar refractivity (Wildman–Crippen MR) is 86.7 cm³/mol. The van der Waals surface area contributed by atoms with Crippen LogP contribution in [0.3, 0.4) is 0 Å². The monoisotopic (exact) mass is 330 g/mol. The van der Waals surface area contributed by atoms with Crippen molar-refractivity contribution in [3.8, 4) is 5.88 Å². The van der Waals surface area contributed by atoms with Gasteiger partial charge in [-0.05, 0) is 49.1 Å². The van der Waals surface area contributed by atoms with Crippen LogP contribution in [-0.2, 0) is 6.54 Å². The van der Waals surface area contributed by atoms with Gasteiger partial charge < -0.3 is 4.74 Å². The molecule has 4 heterocycles. The summed E-state index contributed by atoms with van der Waals surface area (Å²) < 4.78 is 11.2. The Morgan fingerprint density at radius 3 is 2.87 bits per heavy atom. The number of hydrogen-bond donors (Lipinski definition) is 0. The minimum absolute atomic E-state index is 0.390. The van der Waals surface area contributed by atoms with Crippen LogP contribution < -0.4 is 4.74 Å². The van der Waals surface area contributed by atoms with Crippen LogP contribution in [0.5, 0.6) is 5.88 Å². The fraction of sp³-hybridized carbons (Fsp3) is 0.467. The molecule has 1 saturated heterocycles. The lowest BCUT2D eigenvalue weighted by Crippen LogP contribution is -2.33. The maximum atomic E-state index is 5.21. The van der Waals surface area contributed by atoms with E-state index in [9.17, 15) is 0 Å². The second-order valence-electron chi connectivity index (χ2n) is 5.79. The molecule has 1 aliphatic heterocycles. The molecule has 0 atom stereocenters. The van der Waals surface area contributed by atoms with Crippen LogP contribution in [0.4, 0.5) is 0 Å². The Morgan fingerprint density at radius 1 is 1.26 bits per heavy atom. The molecule has 0 N–H and O–H groups in total. The van der Waals surface area contributed by atoms with Crippen molar-refractivity contribution < 1.29 is 4.74 Å². The number of nitrogens with zero attached hydrogens (tertiary/aromatic N) is 6. The van der Waals surface area contributed by atoms with Crippen molar-refractivity contribution in [3.05, 3.63) is 35.1 Å². The van der Waals surface area contributed by atoms with E-state index in [-0.39, 0.29) is 0 Å². The fourth-order valence-electron chi connectivity index (χ4n) is 3.06. The lowest BCUT2D eigenvalue weighted by atomic mass is 9.96. The second kappa shape index (κ2) is 6.21. The first kappa shape index (κ1) is 14.5. The van der Waals surface area contributed by atoms with Gasteiger partial charge >= 0.3 is 0 Å². The summed E-state index contributed by atoms with van der Waals surface area (Å²) in [5.41, 5.74) is 2.07. The minimum atomic E-state index is 0.390. The highest BCUT2D eigenvalue weighted by Crippen LogP contribution is 2.28. The largest absolute Gasteiger partial charge is 0.480 e. The zero-order valence-electron chi connectivity index (χ0n) is 12.9. The van der Waals surface area contributed by atoms with Gasteiger partial charge in [0.2, 0.25) is 5.88 Å². The van der Waals surface area contributed by atoms with Crippen LogP contribution in [0.2, 0.25) is 0 Å². The van der Waals surface area contributed by atoms with Crippen LogP contribution in [0, 0.1) is 0 Å². The average molecular weight is 330 g/mol. The molecule has 0 radical (unpaired) electrons. The Labute approximate surface area is 138 Å². The van der Waals surface area contributed by atoms with E-state index in [1.165, 1.54) is 17.1 Å². The molecule has 120 valence electrons. The summed E-state index contributed by atoms with van der Waals surface area (Å²) in [7, 11) is 1.62. The summed E-state index contributed by atoms with van der Waals surface area (Å²) in [5, 5.41) is 15.2. The second-order valence-corrected chi connectivity index (χ2v) is 6.44. The maximum Gasteiger partial charge on any atom is 0.231 e. The third kappa shape index (κ3) is 2.91. The molecule has 7 nitrogen and oxygen atoms in total. The zero-order chi connectivity index (χ0) is 15.6. The van der Waals surface area contributed by atoms with Crippen molar-refractivity contribution in [2.24, 2.45) is 0 Å². The van der Waals surface area contributed by atoms with E-state index in [1.807, 2.05) is 22.8 Å². The van der Waals surface area contributed by atoms with E-state index >= 15 is 0 Å². The molecule has 8 heteroatoms. The quantitative estimate of drug-likeness (QED) is 0.728. The molecule has 23 heavy (non-hydrogen) atoms. The Morgan fingerprint density at radius 2 is 2.13 bits per heavy atom. The molecule has 3 aromatic heterocycles. The van der Waals surface area contributed by atoms with Crippen LogP contribution in [-0.4, -0.2) is 49.3 Å². The molecule has 0 spiro atoms. The van der Waals surface area contributed by atoms with Gasteiger partial charge in [0.15, 0.2) is 11.5 Å². The van der Waals surface area contributed by atoms with Gasteiger partial charge in [0.1, 0.15) is 0 Å². The van der Waals surface area contributed by atoms with Crippen LogP contribution in [0.25, 0.3) is 5.65 Å². The molecule has 3 aromatic rings. The van der Waals surface area contributed by atoms with Gasteiger partial charge in [0, 0.05) is 30.1 Å². The smallest absolute Gasteiger partial charge is 0.231 e. The molecule has 4 rings (SSSR count). The van der Waals surface area contributed by atoms with Gasteiger partial charge in [-0.25, -0.2) is 4.37 Å². The molecule has 0 aliphatic carbocycles. The van der Waals surface area contributed by atoms with Crippen molar-refractivity contribution in [2.45, 2.75) is 25.3 Å². The summed E-state index contributed by atoms with van der Waals surface area (Å²) in [6, 6.07) is 3.70. The molecule has 0 unspecified atom stereocenters. The van der Waals surface area contributed by atoms with E-state index < -0.39 is 0 Å². The highest BCUT2D eigenvalue weighted by atomic mass is 32.1. The predicted octanol–water partition coefficient (Wildman–Crippen LogP) is 1.97. The first-order valence-corrected chi connectivity index (χ1v) is 8.54. The Balaban J connectivity index is 1.47. The van der Waals surface area contributed by atoms with Gasteiger partial charge in [-0.1, -0.05) is 0 Å². The Bertz CT molecular complexity index is 778. The van der Waals surface area contributed by atoms with E-state index in [1.54, 1.807) is 7.11 Å². The molecule has 1 fully saturated rings. The van der Waals surface area contributed by atoms with Crippen LogP contribution in [0.1, 0.15) is 30.1 Å². The third-order valence-corrected chi connectivity index (χ3v) is 4.95. The summed E-state index contributed by atoms with van der Waals surface area (Å²) in [5.74, 6) is 1.91. The summed E-state index contributed by atoms with van der Waals surface area (Å²) >= 11 is 1.51. The van der Waals surface area contributed by atoms with E-state index in [0.717, 1.165) is 43.9 Å². The minimum Gasteiger partial charge on any atom is -0.480 e. The SMILES string of the molecule is COc1ccc2nnc(C3CCN(Cc4cnsc4)CC3)n2n1. The maximum absolute atomic E-state index is 5.21. The third-order valence-electron chi connectivity index (χ3n) is 4.31. The summed E-state index contributed by atoms with van der Waals surface area (Å²) in [4.78, 5) is 2.47. The van der Waals surface area contributed by atoms with Gasteiger partial charge in [-0.15, -0.1) is 15.3 Å². The van der Waals surface area contributed by atoms with E-state index in [2.05, 4.69) is 29.9 Å². The van der Waals surface area contributed by atoms with Crippen molar-refractivity contribution in [2.75, 3.05) is 20.2 Å². The average Bonchev–Trinajstić information content (AvgIpc) is 3.24. The first-order valence-electron chi connectivity index (χ1n) is 7.70. The first-order chi connectivity index (χ1) is 11.3. The number of ether oxygens (including phenoxy) is 1. The van der Waals surface area contributed by atoms with Gasteiger partial charge in [0.25, 0.3) is 0 Å². The zero-order valence-corrected chi connectivity index (χ0v) is 13.7. The van der Waals surface area contributed by atoms with Gasteiger partial charge in [-0.2, -0.15) is 4.52 Å². The Kier molecular flexibility index (Phi) is 3.92. The normalized spacial score (nSPS) is 16.9. The van der Waals surface area contributed by atoms with Crippen LogP contribution >= 0.6 is 11.5 Å². The number of fused-ring (bicyclic) bond motifs is 1. The Hall–Kier alpha value is -2.06. The molecular weight excluding hydrogens is 312 g/mol. The van der Waals surface area contributed by atoms with Crippen molar-refractivity contribution in [1.29, 1.82) is 0 Å². The molecule has 0 amide bonds. The topological polar surface area (TPSA) is 68.4 Å². The number of methoxy groups -OCH3 is 1. The summed E-state index contributed by atoms with van der Waals surface area (Å²) in [6.45, 7) is 3.09. The number of hydrogen-bond acceptors (Lipinski definition) is 7. The molecular formula is C15H18N6OS. The lowest BCUT2D eigenvalue weighted by molar-refractivity contribution is 0.201. The standard InChI is InChI=1S/C15H18N6OS/c1-22-14-3-2-13-17-18-15(21(13)19-14)12-4-6-20(7-5-12)9-11-8-16-23-10-11/h2-3,8,10,12H,4-7,9H2,1H3. The highest BCUT2D eigenvalue weighted by Gasteiger charge is 2.25. The highest BCUT2D eigenvalue weighted by molar-refractivity contribution is 7.03. The molecule has 0 aromatic carbocycles. The van der Waals surface area contributed by atoms with E-state index in [4.69, 9.17) is 4.74 Å². The summed E-state index contributed by atoms with van der Waals surface area (Å²) in [6.07, 6.45) is 4.09. The molecule has 0 bridgehead atoms. The lowest BCUT2D eigenvalue weighted by Gasteiger charge is -2.30. The van der Waals surface area contributed by atoms with E-state index in [0.29, 0.717) is 11.8 Å². The van der Waals surface area contributed by atoms with Crippen molar-refractivity contribution in [3.63, 3.8) is 0 Å². The number of piperidine rings is 1. The van der Waals surface area contributed by atoms with Gasteiger partial charge in [-0.3, -0.25) is 4.90 Å². The van der Waals surface area contributed by atoms with Gasteiger partial charge in [0.05, 0.1) is 7.11 Å². The molecule has 0 saturated carbocycles. The van der Waals surface area contributed by atoms with Crippen LogP contribution in [0.15, 0.2) is 23.7 Å². The van der Waals surface area contributed by atoms with Crippen molar-refractivity contribution in [1.82, 2.24) is 29.1 Å². The number of rotatable bonds is 4.